The molecule has 7 nitrogen and oxygen atoms in total. The Morgan fingerprint density at radius 3 is 2.13 bits per heavy atom. The van der Waals surface area contributed by atoms with E-state index in [4.69, 9.17) is 49.4 Å². The van der Waals surface area contributed by atoms with Crippen molar-refractivity contribution in [3.8, 4) is 11.5 Å². The Bertz CT molecular complexity index is 953. The molecular weight excluding hydrogens is 525 g/mol. The first-order valence-corrected chi connectivity index (χ1v) is 14.0. The zero-order valence-corrected chi connectivity index (χ0v) is 25.4. The standard InChI is InChI=1S/C25H35Cl2N3O4.2C2H6/c1-17(23(28)15-31)30(29)11-4-12-33-21-8-5-18(6-9-21)25(2,3)19-7-10-24(22(27)13-19)34-16-20(32)14-26;2*1-2/h5-10,13,20,31-32H,4,11-12,14-16,28-29H2,1-3H3;2*1-2H3/b23-17-;;. The van der Waals surface area contributed by atoms with Gasteiger partial charge in [-0.2, -0.15) is 0 Å². The number of aliphatic hydroxyl groups is 2. The molecule has 6 N–H and O–H groups in total. The number of nitrogens with zero attached hydrogens (tertiary/aromatic N) is 1. The van der Waals surface area contributed by atoms with Crippen LogP contribution in [0.2, 0.25) is 5.02 Å². The number of alkyl halides is 1. The number of hydrazine groups is 1. The van der Waals surface area contributed by atoms with Gasteiger partial charge in [0.15, 0.2) is 0 Å². The molecule has 0 amide bonds. The molecule has 0 aromatic heterocycles. The number of rotatable bonds is 13. The Morgan fingerprint density at radius 2 is 1.61 bits per heavy atom. The highest BCUT2D eigenvalue weighted by molar-refractivity contribution is 6.32. The van der Waals surface area contributed by atoms with E-state index in [0.29, 0.717) is 41.7 Å². The van der Waals surface area contributed by atoms with E-state index in [2.05, 4.69) is 13.8 Å². The SMILES string of the molecule is C/C(=C(/N)CO)N(N)CCCOc1ccc(C(C)(C)c2ccc(OCC(O)CCl)c(Cl)c2)cc1.CC.CC. The van der Waals surface area contributed by atoms with Gasteiger partial charge in [-0.05, 0) is 42.3 Å². The zero-order chi connectivity index (χ0) is 29.3. The lowest BCUT2D eigenvalue weighted by molar-refractivity contribution is 0.125. The molecule has 1 unspecified atom stereocenters. The van der Waals surface area contributed by atoms with Crippen LogP contribution in [0.5, 0.6) is 11.5 Å². The van der Waals surface area contributed by atoms with E-state index in [0.717, 1.165) is 16.9 Å². The van der Waals surface area contributed by atoms with E-state index in [9.17, 15) is 5.11 Å². The third kappa shape index (κ3) is 11.3. The van der Waals surface area contributed by atoms with Gasteiger partial charge in [0.25, 0.3) is 0 Å². The average molecular weight is 573 g/mol. The molecule has 0 aliphatic carbocycles. The highest BCUT2D eigenvalue weighted by Crippen LogP contribution is 2.36. The van der Waals surface area contributed by atoms with E-state index >= 15 is 0 Å². The van der Waals surface area contributed by atoms with E-state index in [1.54, 1.807) is 6.92 Å². The van der Waals surface area contributed by atoms with Crippen molar-refractivity contribution in [3.63, 3.8) is 0 Å². The van der Waals surface area contributed by atoms with Gasteiger partial charge < -0.3 is 30.4 Å². The quantitative estimate of drug-likeness (QED) is 0.103. The fraction of sp³-hybridized carbons (Fsp3) is 0.517. The Hall–Kier alpha value is -2.16. The van der Waals surface area contributed by atoms with Crippen LogP contribution in [-0.4, -0.2) is 53.6 Å². The molecule has 0 spiro atoms. The van der Waals surface area contributed by atoms with Crippen molar-refractivity contribution in [3.05, 3.63) is 70.0 Å². The second kappa shape index (κ2) is 19.0. The minimum atomic E-state index is -0.741. The van der Waals surface area contributed by atoms with Crippen molar-refractivity contribution >= 4 is 23.2 Å². The molecule has 38 heavy (non-hydrogen) atoms. The summed E-state index contributed by atoms with van der Waals surface area (Å²) in [6.07, 6.45) is -0.0379. The molecule has 2 rings (SSSR count). The number of allylic oxidation sites excluding steroid dienone is 1. The van der Waals surface area contributed by atoms with Crippen LogP contribution >= 0.6 is 23.2 Å². The lowest BCUT2D eigenvalue weighted by Crippen LogP contribution is -2.33. The van der Waals surface area contributed by atoms with E-state index in [-0.39, 0.29) is 24.5 Å². The number of benzene rings is 2. The molecule has 0 heterocycles. The molecule has 1 atom stereocenters. The van der Waals surface area contributed by atoms with Gasteiger partial charge in [0, 0.05) is 24.1 Å². The van der Waals surface area contributed by atoms with Crippen LogP contribution in [0.3, 0.4) is 0 Å². The van der Waals surface area contributed by atoms with E-state index in [1.165, 1.54) is 5.01 Å². The van der Waals surface area contributed by atoms with Gasteiger partial charge in [0.2, 0.25) is 0 Å². The van der Waals surface area contributed by atoms with Crippen molar-refractivity contribution in [2.45, 2.75) is 66.4 Å². The normalized spacial score (nSPS) is 12.2. The van der Waals surface area contributed by atoms with Crippen molar-refractivity contribution in [1.82, 2.24) is 5.01 Å². The first kappa shape index (κ1) is 35.8. The molecule has 0 bridgehead atoms. The van der Waals surface area contributed by atoms with Crippen LogP contribution in [0, 0.1) is 0 Å². The molecule has 0 radical (unpaired) electrons. The molecular formula is C29H47Cl2N3O4. The maximum absolute atomic E-state index is 9.58. The Balaban J connectivity index is 0.00000326. The smallest absolute Gasteiger partial charge is 0.138 e. The van der Waals surface area contributed by atoms with Crippen molar-refractivity contribution in [2.24, 2.45) is 11.6 Å². The van der Waals surface area contributed by atoms with Crippen LogP contribution in [0.1, 0.15) is 66.0 Å². The molecule has 0 saturated heterocycles. The predicted octanol–water partition coefficient (Wildman–Crippen LogP) is 5.82. The maximum Gasteiger partial charge on any atom is 0.138 e. The summed E-state index contributed by atoms with van der Waals surface area (Å²) in [5.41, 5.74) is 8.55. The summed E-state index contributed by atoms with van der Waals surface area (Å²) in [6.45, 7) is 14.9. The lowest BCUT2D eigenvalue weighted by Gasteiger charge is -2.27. The minimum absolute atomic E-state index is 0.0871. The van der Waals surface area contributed by atoms with Crippen LogP contribution in [0.15, 0.2) is 53.9 Å². The highest BCUT2D eigenvalue weighted by atomic mass is 35.5. The monoisotopic (exact) mass is 571 g/mol. The van der Waals surface area contributed by atoms with Crippen LogP contribution < -0.4 is 21.1 Å². The third-order valence-electron chi connectivity index (χ3n) is 5.72. The topological polar surface area (TPSA) is 114 Å². The van der Waals surface area contributed by atoms with Crippen molar-refractivity contribution in [2.75, 3.05) is 32.2 Å². The molecule has 2 aromatic rings. The molecule has 0 fully saturated rings. The average Bonchev–Trinajstić information content (AvgIpc) is 2.95. The van der Waals surface area contributed by atoms with Crippen molar-refractivity contribution in [1.29, 1.82) is 0 Å². The number of aliphatic hydroxyl groups excluding tert-OH is 2. The summed E-state index contributed by atoms with van der Waals surface area (Å²) in [7, 11) is 0. The number of ether oxygens (including phenoxy) is 2. The number of hydrogen-bond donors (Lipinski definition) is 4. The second-order valence-electron chi connectivity index (χ2n) is 8.58. The summed E-state index contributed by atoms with van der Waals surface area (Å²) in [4.78, 5) is 0. The fourth-order valence-electron chi connectivity index (χ4n) is 3.26. The predicted molar refractivity (Wildman–Crippen MR) is 160 cm³/mol. The summed E-state index contributed by atoms with van der Waals surface area (Å²) in [5, 5.41) is 20.7. The summed E-state index contributed by atoms with van der Waals surface area (Å²) in [6, 6.07) is 13.6. The maximum atomic E-state index is 9.58. The largest absolute Gasteiger partial charge is 0.494 e. The molecule has 2 aromatic carbocycles. The Kier molecular flexibility index (Phi) is 17.9. The molecule has 9 heteroatoms. The van der Waals surface area contributed by atoms with Crippen LogP contribution in [0.4, 0.5) is 0 Å². The number of halogens is 2. The number of nitrogens with two attached hydrogens (primary N) is 2. The summed E-state index contributed by atoms with van der Waals surface area (Å²) >= 11 is 12.0. The lowest BCUT2D eigenvalue weighted by atomic mass is 9.78. The van der Waals surface area contributed by atoms with Gasteiger partial charge in [-0.3, -0.25) is 0 Å². The van der Waals surface area contributed by atoms with Gasteiger partial charge in [0.1, 0.15) is 24.2 Å². The first-order chi connectivity index (χ1) is 18.1. The second-order valence-corrected chi connectivity index (χ2v) is 9.29. The van der Waals surface area contributed by atoms with Crippen molar-refractivity contribution < 1.29 is 19.7 Å². The van der Waals surface area contributed by atoms with E-state index < -0.39 is 6.10 Å². The molecule has 216 valence electrons. The molecule has 0 saturated carbocycles. The fourth-order valence-corrected chi connectivity index (χ4v) is 3.59. The Morgan fingerprint density at radius 1 is 1.03 bits per heavy atom. The Labute approximate surface area is 239 Å². The van der Waals surface area contributed by atoms with Crippen LogP contribution in [-0.2, 0) is 5.41 Å². The summed E-state index contributed by atoms with van der Waals surface area (Å²) in [5.74, 6) is 7.33. The summed E-state index contributed by atoms with van der Waals surface area (Å²) < 4.78 is 11.4. The van der Waals surface area contributed by atoms with Gasteiger partial charge in [-0.25, -0.2) is 5.84 Å². The number of hydrogen-bond acceptors (Lipinski definition) is 7. The zero-order valence-electron chi connectivity index (χ0n) is 23.9. The van der Waals surface area contributed by atoms with Gasteiger partial charge in [-0.1, -0.05) is 71.3 Å². The van der Waals surface area contributed by atoms with E-state index in [1.807, 2.05) is 70.2 Å². The van der Waals surface area contributed by atoms with Crippen LogP contribution in [0.25, 0.3) is 0 Å². The van der Waals surface area contributed by atoms with Gasteiger partial charge in [0.05, 0.1) is 29.8 Å². The minimum Gasteiger partial charge on any atom is -0.494 e. The van der Waals surface area contributed by atoms with Gasteiger partial charge in [-0.15, -0.1) is 11.6 Å². The third-order valence-corrected chi connectivity index (χ3v) is 6.37. The van der Waals surface area contributed by atoms with Gasteiger partial charge >= 0.3 is 0 Å². The molecule has 0 aliphatic rings. The molecule has 0 aliphatic heterocycles. The first-order valence-electron chi connectivity index (χ1n) is 13.1. The highest BCUT2D eigenvalue weighted by Gasteiger charge is 2.24.